The number of carbonyl (C=O) groups excluding carboxylic acids is 1. The van der Waals surface area contributed by atoms with Crippen molar-refractivity contribution in [1.29, 1.82) is 0 Å². The molecule has 0 fully saturated rings. The summed E-state index contributed by atoms with van der Waals surface area (Å²) in [4.78, 5) is 11.4. The molecule has 1 atom stereocenters. The summed E-state index contributed by atoms with van der Waals surface area (Å²) in [7, 11) is 0. The fourth-order valence-electron chi connectivity index (χ4n) is 1.43. The Morgan fingerprint density at radius 3 is 2.59 bits per heavy atom. The molecule has 0 rings (SSSR count). The van der Waals surface area contributed by atoms with Crippen LogP contribution in [0.3, 0.4) is 0 Å². The minimum Gasteiger partial charge on any atom is -0.435 e. The zero-order valence-electron chi connectivity index (χ0n) is 12.5. The maximum Gasteiger partial charge on any atom is 0.509 e. The standard InChI is InChI=1S/C14H24O3/c1-6-10-14(5,11-8-9-12(3)4)17-13(15)16-7-2/h6,9-10H,7-8,11H2,1-5H3/b10-6+/i10D. The first-order valence-electron chi connectivity index (χ1n) is 6.48. The average Bonchev–Trinajstić information content (AvgIpc) is 2.27. The molecule has 0 heterocycles. The molecule has 0 aliphatic rings. The summed E-state index contributed by atoms with van der Waals surface area (Å²) in [5.41, 5.74) is 0.285. The van der Waals surface area contributed by atoms with Crippen molar-refractivity contribution < 1.29 is 15.6 Å². The third-order valence-electron chi connectivity index (χ3n) is 2.19. The van der Waals surface area contributed by atoms with Crippen LogP contribution in [-0.4, -0.2) is 18.4 Å². The van der Waals surface area contributed by atoms with Gasteiger partial charge >= 0.3 is 6.16 Å². The van der Waals surface area contributed by atoms with E-state index in [1.807, 2.05) is 13.8 Å². The lowest BCUT2D eigenvalue weighted by Crippen LogP contribution is -2.29. The van der Waals surface area contributed by atoms with Gasteiger partial charge in [-0.25, -0.2) is 4.79 Å². The van der Waals surface area contributed by atoms with Crippen LogP contribution in [0.2, 0.25) is 0 Å². The number of hydrogen-bond acceptors (Lipinski definition) is 3. The highest BCUT2D eigenvalue weighted by Crippen LogP contribution is 2.21. The molecular weight excluding hydrogens is 216 g/mol. The van der Waals surface area contributed by atoms with Crippen LogP contribution >= 0.6 is 0 Å². The van der Waals surface area contributed by atoms with Crippen molar-refractivity contribution in [2.24, 2.45) is 0 Å². The monoisotopic (exact) mass is 241 g/mol. The molecule has 0 saturated heterocycles. The largest absolute Gasteiger partial charge is 0.509 e. The van der Waals surface area contributed by atoms with Crippen LogP contribution in [0, 0.1) is 0 Å². The fourth-order valence-corrected chi connectivity index (χ4v) is 1.43. The lowest BCUT2D eigenvalue weighted by atomic mass is 9.98. The van der Waals surface area contributed by atoms with Gasteiger partial charge in [-0.1, -0.05) is 17.7 Å². The highest BCUT2D eigenvalue weighted by molar-refractivity contribution is 5.60. The number of rotatable bonds is 6. The van der Waals surface area contributed by atoms with E-state index in [0.29, 0.717) is 6.42 Å². The van der Waals surface area contributed by atoms with Gasteiger partial charge in [0.25, 0.3) is 0 Å². The summed E-state index contributed by atoms with van der Waals surface area (Å²) in [6.07, 6.45) is 4.32. The predicted molar refractivity (Wildman–Crippen MR) is 70.0 cm³/mol. The Balaban J connectivity index is 4.73. The van der Waals surface area contributed by atoms with E-state index < -0.39 is 11.8 Å². The van der Waals surface area contributed by atoms with Gasteiger partial charge in [-0.2, -0.15) is 0 Å². The second-order valence-corrected chi connectivity index (χ2v) is 4.27. The van der Waals surface area contributed by atoms with E-state index in [9.17, 15) is 4.79 Å². The molecule has 0 N–H and O–H groups in total. The first-order chi connectivity index (χ1) is 8.35. The van der Waals surface area contributed by atoms with Crippen molar-refractivity contribution in [2.45, 2.75) is 53.1 Å². The summed E-state index contributed by atoms with van der Waals surface area (Å²) in [5.74, 6) is 0. The zero-order valence-corrected chi connectivity index (χ0v) is 11.5. The van der Waals surface area contributed by atoms with Crippen LogP contribution in [-0.2, 0) is 9.47 Å². The number of hydrogen-bond donors (Lipinski definition) is 0. The molecule has 0 spiro atoms. The lowest BCUT2D eigenvalue weighted by Gasteiger charge is -2.25. The van der Waals surface area contributed by atoms with Crippen LogP contribution in [0.4, 0.5) is 4.79 Å². The average molecular weight is 241 g/mol. The van der Waals surface area contributed by atoms with Gasteiger partial charge in [0.2, 0.25) is 0 Å². The molecule has 0 bridgehead atoms. The predicted octanol–water partition coefficient (Wildman–Crippen LogP) is 4.24. The van der Waals surface area contributed by atoms with Crippen molar-refractivity contribution >= 4 is 6.16 Å². The maximum absolute atomic E-state index is 11.4. The van der Waals surface area contributed by atoms with E-state index in [1.54, 1.807) is 26.8 Å². The Hall–Kier alpha value is -1.25. The molecule has 0 aliphatic carbocycles. The Morgan fingerprint density at radius 1 is 1.47 bits per heavy atom. The highest BCUT2D eigenvalue weighted by Gasteiger charge is 2.25. The van der Waals surface area contributed by atoms with E-state index in [4.69, 9.17) is 10.8 Å². The van der Waals surface area contributed by atoms with Crippen LogP contribution in [0.15, 0.2) is 23.8 Å². The van der Waals surface area contributed by atoms with Crippen molar-refractivity contribution in [3.05, 3.63) is 23.8 Å². The summed E-state index contributed by atoms with van der Waals surface area (Å²) in [6.45, 7) is 9.52. The summed E-state index contributed by atoms with van der Waals surface area (Å²) in [5, 5.41) is 0. The molecule has 0 radical (unpaired) electrons. The van der Waals surface area contributed by atoms with Crippen molar-refractivity contribution in [2.75, 3.05) is 6.61 Å². The van der Waals surface area contributed by atoms with E-state index in [-0.39, 0.29) is 12.7 Å². The number of allylic oxidation sites excluding steroid dienone is 3. The van der Waals surface area contributed by atoms with E-state index in [2.05, 4.69) is 6.08 Å². The molecule has 1 unspecified atom stereocenters. The van der Waals surface area contributed by atoms with Gasteiger partial charge in [0.1, 0.15) is 5.60 Å². The molecule has 0 aromatic carbocycles. The van der Waals surface area contributed by atoms with Gasteiger partial charge in [-0.3, -0.25) is 0 Å². The Kier molecular flexibility index (Phi) is 6.45. The maximum atomic E-state index is 11.4. The molecule has 17 heavy (non-hydrogen) atoms. The molecular formula is C14H24O3. The Morgan fingerprint density at radius 2 is 2.12 bits per heavy atom. The normalized spacial score (nSPS) is 15.6. The lowest BCUT2D eigenvalue weighted by molar-refractivity contribution is -0.00323. The van der Waals surface area contributed by atoms with Crippen molar-refractivity contribution in [1.82, 2.24) is 0 Å². The van der Waals surface area contributed by atoms with Gasteiger partial charge in [0, 0.05) is 0 Å². The smallest absolute Gasteiger partial charge is 0.435 e. The SMILES string of the molecule is [2H]/C(=C\C)C(C)(CCC=C(C)C)OC(=O)OCC. The van der Waals surface area contributed by atoms with Crippen LogP contribution in [0.1, 0.15) is 48.8 Å². The van der Waals surface area contributed by atoms with Crippen LogP contribution < -0.4 is 0 Å². The van der Waals surface area contributed by atoms with Gasteiger partial charge in [-0.05, 0) is 53.5 Å². The first-order valence-corrected chi connectivity index (χ1v) is 5.98. The minimum atomic E-state index is -0.924. The Bertz CT molecular complexity index is 330. The molecule has 3 heteroatoms. The van der Waals surface area contributed by atoms with E-state index in [1.165, 1.54) is 5.57 Å². The quantitative estimate of drug-likeness (QED) is 0.515. The molecule has 98 valence electrons. The second kappa shape index (κ2) is 7.93. The molecule has 0 aromatic rings. The van der Waals surface area contributed by atoms with E-state index >= 15 is 0 Å². The highest BCUT2D eigenvalue weighted by atomic mass is 16.7. The van der Waals surface area contributed by atoms with Gasteiger partial charge < -0.3 is 9.47 Å². The molecule has 0 amide bonds. The summed E-state index contributed by atoms with van der Waals surface area (Å²) < 4.78 is 17.9. The molecule has 0 aromatic heterocycles. The summed E-state index contributed by atoms with van der Waals surface area (Å²) >= 11 is 0. The van der Waals surface area contributed by atoms with Crippen LogP contribution in [0.5, 0.6) is 0 Å². The molecule has 0 aliphatic heterocycles. The van der Waals surface area contributed by atoms with Gasteiger partial charge in [0.15, 0.2) is 0 Å². The fraction of sp³-hybridized carbons (Fsp3) is 0.643. The van der Waals surface area contributed by atoms with Crippen molar-refractivity contribution in [3.8, 4) is 0 Å². The third kappa shape index (κ3) is 7.61. The molecule has 0 saturated carbocycles. The first kappa shape index (κ1) is 13.8. The van der Waals surface area contributed by atoms with Gasteiger partial charge in [-0.15, -0.1) is 0 Å². The number of carbonyl (C=O) groups is 1. The summed E-state index contributed by atoms with van der Waals surface area (Å²) in [6, 6.07) is 0.290. The topological polar surface area (TPSA) is 35.5 Å². The number of ether oxygens (including phenoxy) is 2. The van der Waals surface area contributed by atoms with E-state index in [0.717, 1.165) is 6.42 Å². The van der Waals surface area contributed by atoms with Crippen molar-refractivity contribution in [3.63, 3.8) is 0 Å². The minimum absolute atomic E-state index is 0.270. The zero-order chi connectivity index (χ0) is 14.2. The second-order valence-electron chi connectivity index (χ2n) is 4.27. The van der Waals surface area contributed by atoms with Crippen LogP contribution in [0.25, 0.3) is 0 Å². The molecule has 3 nitrogen and oxygen atoms in total. The Labute approximate surface area is 106 Å². The third-order valence-corrected chi connectivity index (χ3v) is 2.19. The van der Waals surface area contributed by atoms with Gasteiger partial charge in [0.05, 0.1) is 7.98 Å².